The zero-order chi connectivity index (χ0) is 21.0. The average molecular weight is 412 g/mol. The quantitative estimate of drug-likeness (QED) is 0.548. The normalized spacial score (nSPS) is 15.4. The Morgan fingerprint density at radius 1 is 1.00 bits per heavy atom. The number of benzene rings is 2. The van der Waals surface area contributed by atoms with Gasteiger partial charge in [0.05, 0.1) is 16.6 Å². The van der Waals surface area contributed by atoms with Gasteiger partial charge in [-0.25, -0.2) is 8.78 Å². The lowest BCUT2D eigenvalue weighted by molar-refractivity contribution is 0.312. The minimum absolute atomic E-state index is 0.0000406. The van der Waals surface area contributed by atoms with Crippen molar-refractivity contribution in [3.63, 3.8) is 0 Å². The third-order valence-corrected chi connectivity index (χ3v) is 5.59. The first-order valence-electron chi connectivity index (χ1n) is 9.53. The van der Waals surface area contributed by atoms with Crippen LogP contribution >= 0.6 is 0 Å². The van der Waals surface area contributed by atoms with E-state index in [1.54, 1.807) is 6.07 Å². The van der Waals surface area contributed by atoms with Crippen LogP contribution in [-0.2, 0) is 0 Å². The highest BCUT2D eigenvalue weighted by Gasteiger charge is 2.23. The van der Waals surface area contributed by atoms with E-state index in [0.717, 1.165) is 19.2 Å². The van der Waals surface area contributed by atoms with Gasteiger partial charge in [0.15, 0.2) is 5.39 Å². The van der Waals surface area contributed by atoms with Crippen molar-refractivity contribution >= 4 is 27.7 Å². The van der Waals surface area contributed by atoms with E-state index in [9.17, 15) is 14.0 Å². The van der Waals surface area contributed by atoms with Gasteiger partial charge < -0.3 is 14.3 Å². The number of aromatic nitrogens is 2. The molecule has 154 valence electrons. The summed E-state index contributed by atoms with van der Waals surface area (Å²) in [6, 6.07) is 8.29. The lowest BCUT2D eigenvalue weighted by atomic mass is 10.1. The van der Waals surface area contributed by atoms with Crippen LogP contribution in [0, 0.1) is 11.6 Å². The maximum Gasteiger partial charge on any atom is 0.293 e. The molecule has 0 saturated carbocycles. The van der Waals surface area contributed by atoms with Crippen molar-refractivity contribution in [2.45, 2.75) is 0 Å². The molecular weight excluding hydrogens is 394 g/mol. The van der Waals surface area contributed by atoms with Crippen molar-refractivity contribution in [3.8, 4) is 5.69 Å². The van der Waals surface area contributed by atoms with Crippen LogP contribution in [0.25, 0.3) is 27.7 Å². The van der Waals surface area contributed by atoms with E-state index in [1.165, 1.54) is 28.8 Å². The molecule has 0 unspecified atom stereocenters. The number of hydrogen-bond acceptors (Lipinski definition) is 5. The second kappa shape index (κ2) is 6.81. The lowest BCUT2D eigenvalue weighted by Gasteiger charge is -2.34. The predicted octanol–water partition coefficient (Wildman–Crippen LogP) is 2.46. The fraction of sp³-hybridized carbons (Fsp3) is 0.238. The maximum absolute atomic E-state index is 15.0. The van der Waals surface area contributed by atoms with Gasteiger partial charge >= 0.3 is 0 Å². The first-order valence-corrected chi connectivity index (χ1v) is 9.53. The zero-order valence-corrected chi connectivity index (χ0v) is 16.1. The molecule has 0 amide bonds. The van der Waals surface area contributed by atoms with Crippen molar-refractivity contribution in [1.29, 1.82) is 0 Å². The van der Waals surface area contributed by atoms with Gasteiger partial charge in [0.2, 0.25) is 11.1 Å². The molecule has 0 atom stereocenters. The molecule has 0 spiro atoms. The number of fused-ring (bicyclic) bond motifs is 2. The lowest BCUT2D eigenvalue weighted by Crippen LogP contribution is -2.44. The van der Waals surface area contributed by atoms with Crippen molar-refractivity contribution in [2.24, 2.45) is 0 Å². The monoisotopic (exact) mass is 412 g/mol. The molecule has 0 aliphatic carbocycles. The van der Waals surface area contributed by atoms with Crippen molar-refractivity contribution in [3.05, 3.63) is 68.6 Å². The molecule has 2 aromatic carbocycles. The number of pyridine rings is 1. The molecule has 30 heavy (non-hydrogen) atoms. The van der Waals surface area contributed by atoms with Gasteiger partial charge in [-0.2, -0.15) is 5.16 Å². The minimum atomic E-state index is -0.698. The highest BCUT2D eigenvalue weighted by Crippen LogP contribution is 2.29. The zero-order valence-electron chi connectivity index (χ0n) is 16.1. The third kappa shape index (κ3) is 2.81. The van der Waals surface area contributed by atoms with E-state index in [1.807, 2.05) is 11.9 Å². The minimum Gasteiger partial charge on any atom is -0.367 e. The van der Waals surface area contributed by atoms with E-state index >= 15 is 4.39 Å². The van der Waals surface area contributed by atoms with Crippen LogP contribution in [0.5, 0.6) is 0 Å². The first kappa shape index (κ1) is 18.6. The topological polar surface area (TPSA) is 74.5 Å². The Hall–Kier alpha value is -3.46. The van der Waals surface area contributed by atoms with E-state index in [4.69, 9.17) is 4.52 Å². The van der Waals surface area contributed by atoms with Crippen molar-refractivity contribution in [1.82, 2.24) is 14.6 Å². The molecule has 0 radical (unpaired) electrons. The Bertz CT molecular complexity index is 1380. The molecule has 1 N–H and O–H groups in total. The summed E-state index contributed by atoms with van der Waals surface area (Å²) in [4.78, 5) is 29.2. The van der Waals surface area contributed by atoms with Crippen molar-refractivity contribution < 1.29 is 13.3 Å². The number of anilines is 1. The number of H-pyrrole nitrogens is 1. The Morgan fingerprint density at radius 2 is 1.70 bits per heavy atom. The largest absolute Gasteiger partial charge is 0.367 e. The number of piperazine rings is 1. The Labute approximate surface area is 168 Å². The van der Waals surface area contributed by atoms with Gasteiger partial charge in [-0.15, -0.1) is 0 Å². The van der Waals surface area contributed by atoms with Crippen molar-refractivity contribution in [2.75, 3.05) is 38.1 Å². The highest BCUT2D eigenvalue weighted by atomic mass is 19.1. The van der Waals surface area contributed by atoms with Gasteiger partial charge in [0, 0.05) is 31.9 Å². The van der Waals surface area contributed by atoms with Gasteiger partial charge in [0.25, 0.3) is 5.56 Å². The Balaban J connectivity index is 1.85. The van der Waals surface area contributed by atoms with Crippen LogP contribution in [0.4, 0.5) is 14.5 Å². The Kier molecular flexibility index (Phi) is 4.21. The number of rotatable bonds is 2. The summed E-state index contributed by atoms with van der Waals surface area (Å²) in [5, 5.41) is 2.02. The molecule has 1 saturated heterocycles. The number of likely N-dealkylation sites (N-methyl/N-ethyl adjacent to an activating group) is 1. The fourth-order valence-corrected chi connectivity index (χ4v) is 3.95. The number of nitrogens with zero attached hydrogens (tertiary/aromatic N) is 3. The standard InChI is InChI=1S/C21H18F2N4O3/c1-25-6-8-26(9-7-25)17-11-16-14(10-15(17)23)19(28)18-20(29)24-30-21(18)27(16)13-4-2-12(22)3-5-13/h2-5,10-11H,6-9H2,1H3,(H,24,29). The average Bonchev–Trinajstić information content (AvgIpc) is 3.12. The summed E-state index contributed by atoms with van der Waals surface area (Å²) in [5.41, 5.74) is -0.0982. The van der Waals surface area contributed by atoms with Gasteiger partial charge in [-0.05, 0) is 43.4 Å². The van der Waals surface area contributed by atoms with Crippen LogP contribution in [0.15, 0.2) is 50.5 Å². The highest BCUT2D eigenvalue weighted by molar-refractivity contribution is 5.94. The predicted molar refractivity (Wildman–Crippen MR) is 110 cm³/mol. The summed E-state index contributed by atoms with van der Waals surface area (Å²) in [6.07, 6.45) is 0. The number of nitrogens with one attached hydrogen (secondary N) is 1. The molecular formula is C21H18F2N4O3. The van der Waals surface area contributed by atoms with E-state index in [2.05, 4.69) is 10.1 Å². The molecule has 0 bridgehead atoms. The smallest absolute Gasteiger partial charge is 0.293 e. The SMILES string of the molecule is CN1CCN(c2cc3c(cc2F)c(=O)c2c(=O)[nH]oc2n3-c2ccc(F)cc2)CC1. The summed E-state index contributed by atoms with van der Waals surface area (Å²) >= 11 is 0. The van der Waals surface area contributed by atoms with Gasteiger partial charge in [0.1, 0.15) is 11.6 Å². The number of aromatic amines is 1. The summed E-state index contributed by atoms with van der Waals surface area (Å²) in [5.74, 6) is -0.964. The molecule has 7 nitrogen and oxygen atoms in total. The van der Waals surface area contributed by atoms with Gasteiger partial charge in [-0.1, -0.05) is 0 Å². The van der Waals surface area contributed by atoms with Crippen LogP contribution in [0.3, 0.4) is 0 Å². The molecule has 1 aliphatic rings. The molecule has 1 fully saturated rings. The molecule has 1 aliphatic heterocycles. The molecule has 2 aromatic heterocycles. The Morgan fingerprint density at radius 3 is 2.40 bits per heavy atom. The molecule has 9 heteroatoms. The van der Waals surface area contributed by atoms with Crippen LogP contribution in [0.1, 0.15) is 0 Å². The molecule has 5 rings (SSSR count). The number of hydrogen-bond donors (Lipinski definition) is 1. The van der Waals surface area contributed by atoms with Crippen LogP contribution < -0.4 is 15.9 Å². The number of halogens is 2. The summed E-state index contributed by atoms with van der Waals surface area (Å²) < 4.78 is 35.4. The maximum atomic E-state index is 15.0. The van der Waals surface area contributed by atoms with Crippen LogP contribution in [-0.4, -0.2) is 47.9 Å². The second-order valence-electron chi connectivity index (χ2n) is 7.47. The summed E-state index contributed by atoms with van der Waals surface area (Å²) in [7, 11) is 2.00. The fourth-order valence-electron chi connectivity index (χ4n) is 3.95. The third-order valence-electron chi connectivity index (χ3n) is 5.59. The van der Waals surface area contributed by atoms with E-state index in [-0.39, 0.29) is 16.5 Å². The first-order chi connectivity index (χ1) is 14.4. The van der Waals surface area contributed by atoms with E-state index in [0.29, 0.717) is 30.0 Å². The summed E-state index contributed by atoms with van der Waals surface area (Å²) in [6.45, 7) is 2.85. The van der Waals surface area contributed by atoms with E-state index < -0.39 is 22.6 Å². The molecule has 4 aromatic rings. The molecule has 3 heterocycles. The van der Waals surface area contributed by atoms with Gasteiger partial charge in [-0.3, -0.25) is 14.2 Å². The second-order valence-corrected chi connectivity index (χ2v) is 7.47. The van der Waals surface area contributed by atoms with Crippen LogP contribution in [0.2, 0.25) is 0 Å².